The Morgan fingerprint density at radius 3 is 3.33 bits per heavy atom. The lowest BCUT2D eigenvalue weighted by molar-refractivity contribution is 1.18. The molecule has 0 aliphatic heterocycles. The average Bonchev–Trinajstić information content (AvgIpc) is 2.45. The second kappa shape index (κ2) is 3.07. The first kappa shape index (κ1) is 6.00. The largest absolute Gasteiger partial charge is 0.307 e. The van der Waals surface area contributed by atoms with Crippen LogP contribution < -0.4 is 0 Å². The number of halogens is 2. The van der Waals surface area contributed by atoms with Crippen LogP contribution in [0.5, 0.6) is 0 Å². The minimum Gasteiger partial charge on any atom is -0.307 e. The summed E-state index contributed by atoms with van der Waals surface area (Å²) in [6, 6.07) is 3.65. The molecule has 0 N–H and O–H groups in total. The van der Waals surface area contributed by atoms with Gasteiger partial charge in [-0.1, -0.05) is 15.9 Å². The summed E-state index contributed by atoms with van der Waals surface area (Å²) in [7, 11) is 0. The summed E-state index contributed by atoms with van der Waals surface area (Å²) in [5.41, 5.74) is 0.885. The van der Waals surface area contributed by atoms with E-state index in [9.17, 15) is 0 Å². The summed E-state index contributed by atoms with van der Waals surface area (Å²) >= 11 is 8.83. The topological polar surface area (TPSA) is 17.3 Å². The molecule has 2 nitrogen and oxygen atoms in total. The third kappa shape index (κ3) is 1.34. The van der Waals surface area contributed by atoms with Gasteiger partial charge in [0.2, 0.25) is 0 Å². The normalized spacial score (nSPS) is 14.5. The van der Waals surface area contributed by atoms with E-state index >= 15 is 0 Å². The average molecular weight is 248 g/mol. The predicted molar refractivity (Wildman–Crippen MR) is 52.4 cm³/mol. The Balaban J connectivity index is 2.63. The highest BCUT2D eigenvalue weighted by Crippen LogP contribution is 2.13. The van der Waals surface area contributed by atoms with Crippen LogP contribution in [0.25, 0.3) is 5.65 Å². The number of hydrogen-bond acceptors (Lipinski definition) is 1. The van der Waals surface area contributed by atoms with Gasteiger partial charge in [-0.3, -0.25) is 0 Å². The number of pyridine rings is 1. The number of imidazole rings is 1. The zero-order valence-corrected chi connectivity index (χ0v) is 8.30. The van der Waals surface area contributed by atoms with E-state index in [4.69, 9.17) is 14.3 Å². The number of aromatic nitrogens is 2. The van der Waals surface area contributed by atoms with Gasteiger partial charge in [0.1, 0.15) is 5.65 Å². The summed E-state index contributed by atoms with van der Waals surface area (Å²) < 4.78 is 17.2. The second-order valence-electron chi connectivity index (χ2n) is 2.33. The fraction of sp³-hybridized carbons (Fsp3) is 0.125. The molecule has 0 radical (unpaired) electrons. The van der Waals surface area contributed by atoms with Crippen molar-refractivity contribution in [1.82, 2.24) is 9.38 Å². The fourth-order valence-corrected chi connectivity index (χ4v) is 1.42. The number of fused-ring (bicyclic) bond motifs is 1. The summed E-state index contributed by atoms with van der Waals surface area (Å²) in [5, 5.41) is 0. The van der Waals surface area contributed by atoms with Gasteiger partial charge in [-0.2, -0.15) is 0 Å². The first-order valence-electron chi connectivity index (χ1n) is 4.30. The number of alkyl halides is 1. The van der Waals surface area contributed by atoms with Crippen LogP contribution in [0.15, 0.2) is 29.0 Å². The number of rotatable bonds is 1. The maximum absolute atomic E-state index is 7.30. The highest BCUT2D eigenvalue weighted by atomic mass is 79.9. The van der Waals surface area contributed by atoms with Crippen molar-refractivity contribution in [2.75, 3.05) is 0 Å². The standard InChI is InChI=1S/C8H6BrClN2/c9-6-1-2-12-5-7(4-10)11-8(12)3-6/h1-3,5H,4H2/i4D2. The first-order valence-corrected chi connectivity index (χ1v) is 4.47. The van der Waals surface area contributed by atoms with Gasteiger partial charge < -0.3 is 4.40 Å². The molecule has 62 valence electrons. The zero-order valence-electron chi connectivity index (χ0n) is 7.96. The van der Waals surface area contributed by atoms with Gasteiger partial charge >= 0.3 is 0 Å². The van der Waals surface area contributed by atoms with Crippen molar-refractivity contribution in [3.05, 3.63) is 34.7 Å². The minimum atomic E-state index is -1.92. The second-order valence-corrected chi connectivity index (χ2v) is 3.44. The summed E-state index contributed by atoms with van der Waals surface area (Å²) in [5.74, 6) is -1.92. The van der Waals surface area contributed by atoms with Crippen LogP contribution in [0, 0.1) is 0 Å². The van der Waals surface area contributed by atoms with Gasteiger partial charge in [-0.05, 0) is 12.1 Å². The molecule has 12 heavy (non-hydrogen) atoms. The Kier molecular flexibility index (Phi) is 1.53. The Morgan fingerprint density at radius 1 is 1.75 bits per heavy atom. The Morgan fingerprint density at radius 2 is 2.58 bits per heavy atom. The molecule has 0 fully saturated rings. The van der Waals surface area contributed by atoms with Crippen molar-refractivity contribution in [2.24, 2.45) is 0 Å². The molecule has 0 saturated carbocycles. The zero-order chi connectivity index (χ0) is 10.3. The van der Waals surface area contributed by atoms with Crippen molar-refractivity contribution in [1.29, 1.82) is 0 Å². The van der Waals surface area contributed by atoms with Crippen molar-refractivity contribution in [3.8, 4) is 0 Å². The molecule has 2 rings (SSSR count). The number of hydrogen-bond donors (Lipinski definition) is 0. The molecule has 0 aliphatic carbocycles. The highest BCUT2D eigenvalue weighted by molar-refractivity contribution is 9.10. The van der Waals surface area contributed by atoms with Crippen LogP contribution in [0.3, 0.4) is 0 Å². The van der Waals surface area contributed by atoms with E-state index in [1.54, 1.807) is 22.9 Å². The Bertz CT molecular complexity index is 478. The van der Waals surface area contributed by atoms with Crippen LogP contribution in [-0.4, -0.2) is 9.38 Å². The summed E-state index contributed by atoms with van der Waals surface area (Å²) in [6.45, 7) is 0. The summed E-state index contributed by atoms with van der Waals surface area (Å²) in [6.07, 6.45) is 3.37. The highest BCUT2D eigenvalue weighted by Gasteiger charge is 1.99. The van der Waals surface area contributed by atoms with E-state index < -0.39 is 5.83 Å². The van der Waals surface area contributed by atoms with E-state index in [-0.39, 0.29) is 5.69 Å². The molecule has 2 aromatic heterocycles. The molecule has 0 atom stereocenters. The molecule has 0 aliphatic rings. The first-order chi connectivity index (χ1) is 6.47. The monoisotopic (exact) mass is 246 g/mol. The Hall–Kier alpha value is -0.540. The van der Waals surface area contributed by atoms with E-state index in [1.807, 2.05) is 6.07 Å². The van der Waals surface area contributed by atoms with E-state index in [0.29, 0.717) is 5.65 Å². The molecule has 2 aromatic rings. The molecule has 0 aromatic carbocycles. The molecular formula is C8H6BrClN2. The quantitative estimate of drug-likeness (QED) is 0.708. The van der Waals surface area contributed by atoms with Crippen LogP contribution in [-0.2, 0) is 5.83 Å². The van der Waals surface area contributed by atoms with Gasteiger partial charge in [0.15, 0.2) is 0 Å². The molecule has 4 heteroatoms. The maximum atomic E-state index is 7.30. The van der Waals surface area contributed by atoms with Crippen molar-refractivity contribution >= 4 is 33.2 Å². The van der Waals surface area contributed by atoms with Crippen LogP contribution >= 0.6 is 27.5 Å². The lowest BCUT2D eigenvalue weighted by atomic mass is 10.5. The lowest BCUT2D eigenvalue weighted by Gasteiger charge is -1.91. The smallest absolute Gasteiger partial charge is 0.138 e. The van der Waals surface area contributed by atoms with Gasteiger partial charge in [0, 0.05) is 16.9 Å². The molecular weight excluding hydrogens is 239 g/mol. The van der Waals surface area contributed by atoms with E-state index in [2.05, 4.69) is 20.9 Å². The molecule has 0 saturated heterocycles. The van der Waals surface area contributed by atoms with Crippen LogP contribution in [0.4, 0.5) is 0 Å². The third-order valence-corrected chi connectivity index (χ3v) is 2.21. The molecule has 0 spiro atoms. The van der Waals surface area contributed by atoms with Gasteiger partial charge in [0.05, 0.1) is 14.3 Å². The maximum Gasteiger partial charge on any atom is 0.138 e. The SMILES string of the molecule is [2H]C([2H])(Cl)c1cn2ccc(Br)cc2n1. The molecule has 0 amide bonds. The number of nitrogens with zero attached hydrogens (tertiary/aromatic N) is 2. The lowest BCUT2D eigenvalue weighted by Crippen LogP contribution is -1.79. The van der Waals surface area contributed by atoms with Gasteiger partial charge in [0.25, 0.3) is 0 Å². The Labute approximate surface area is 86.1 Å². The van der Waals surface area contributed by atoms with Crippen molar-refractivity contribution in [3.63, 3.8) is 0 Å². The molecule has 2 heterocycles. The fourth-order valence-electron chi connectivity index (χ4n) is 1.00. The van der Waals surface area contributed by atoms with Gasteiger partial charge in [-0.25, -0.2) is 4.98 Å². The third-order valence-electron chi connectivity index (χ3n) is 1.52. The van der Waals surface area contributed by atoms with Crippen LogP contribution in [0.2, 0.25) is 0 Å². The predicted octanol–water partition coefficient (Wildman–Crippen LogP) is 2.84. The van der Waals surface area contributed by atoms with Crippen molar-refractivity contribution < 1.29 is 2.74 Å². The van der Waals surface area contributed by atoms with E-state index in [0.717, 1.165) is 4.47 Å². The minimum absolute atomic E-state index is 0.220. The summed E-state index contributed by atoms with van der Waals surface area (Å²) in [4.78, 5) is 4.07. The molecule has 0 bridgehead atoms. The van der Waals surface area contributed by atoms with Gasteiger partial charge in [-0.15, -0.1) is 11.6 Å². The van der Waals surface area contributed by atoms with Crippen molar-refractivity contribution in [2.45, 2.75) is 5.83 Å². The van der Waals surface area contributed by atoms with E-state index in [1.165, 1.54) is 0 Å². The van der Waals surface area contributed by atoms with Crippen LogP contribution in [0.1, 0.15) is 8.44 Å². The molecule has 0 unspecified atom stereocenters.